The molecule has 0 aromatic heterocycles. The number of hydrogen-bond donors (Lipinski definition) is 0. The van der Waals surface area contributed by atoms with Crippen LogP contribution in [0.1, 0.15) is 46.0 Å². The zero-order chi connectivity index (χ0) is 10.6. The Morgan fingerprint density at radius 3 is 2.50 bits per heavy atom. The fraction of sp³-hybridized carbons (Fsp3) is 0.917. The third kappa shape index (κ3) is 10.0. The Labute approximate surface area is 89.0 Å². The Kier molecular flexibility index (Phi) is 10.9. The van der Waals surface area contributed by atoms with Crippen LogP contribution in [-0.4, -0.2) is 25.9 Å². The van der Waals surface area contributed by atoms with Gasteiger partial charge in [-0.1, -0.05) is 26.2 Å². The van der Waals surface area contributed by atoms with E-state index < -0.39 is 0 Å². The Hall–Kier alpha value is -0.0800. The fourth-order valence-electron chi connectivity index (χ4n) is 1.22. The van der Waals surface area contributed by atoms with Crippen LogP contribution >= 0.6 is 0 Å². The second kappa shape index (κ2) is 11.0. The lowest BCUT2D eigenvalue weighted by molar-refractivity contribution is 0.0460. The zero-order valence-corrected chi connectivity index (χ0v) is 9.76. The minimum atomic E-state index is 0.100. The molecule has 0 rings (SSSR count). The first-order valence-electron chi connectivity index (χ1n) is 5.83. The maximum atomic E-state index is 5.54. The van der Waals surface area contributed by atoms with Crippen LogP contribution in [0.4, 0.5) is 0 Å². The van der Waals surface area contributed by atoms with Crippen molar-refractivity contribution in [1.82, 2.24) is 0 Å². The minimum absolute atomic E-state index is 0.100. The Morgan fingerprint density at radius 1 is 1.07 bits per heavy atom. The average molecular weight is 201 g/mol. The largest absolute Gasteiger partial charge is 0.382 e. The first-order valence-corrected chi connectivity index (χ1v) is 5.83. The standard InChI is InChI=1S/C12H25O2/c1-4-6-7-8-10-14-12(3)9-11-13-5-2/h12H,3-11H2,1-2H3. The van der Waals surface area contributed by atoms with Gasteiger partial charge < -0.3 is 9.47 Å². The van der Waals surface area contributed by atoms with E-state index in [-0.39, 0.29) is 6.10 Å². The summed E-state index contributed by atoms with van der Waals surface area (Å²) in [7, 11) is 0. The van der Waals surface area contributed by atoms with Crippen molar-refractivity contribution in [2.75, 3.05) is 19.8 Å². The molecule has 1 radical (unpaired) electrons. The first-order chi connectivity index (χ1) is 6.81. The fourth-order valence-corrected chi connectivity index (χ4v) is 1.22. The topological polar surface area (TPSA) is 18.5 Å². The van der Waals surface area contributed by atoms with Crippen molar-refractivity contribution in [2.45, 2.75) is 52.1 Å². The molecule has 2 nitrogen and oxygen atoms in total. The predicted octanol–water partition coefficient (Wildman–Crippen LogP) is 3.21. The van der Waals surface area contributed by atoms with Crippen LogP contribution in [0.2, 0.25) is 0 Å². The van der Waals surface area contributed by atoms with Crippen molar-refractivity contribution in [2.24, 2.45) is 0 Å². The van der Waals surface area contributed by atoms with E-state index in [9.17, 15) is 0 Å². The van der Waals surface area contributed by atoms with Crippen molar-refractivity contribution < 1.29 is 9.47 Å². The zero-order valence-electron chi connectivity index (χ0n) is 9.76. The molecule has 0 heterocycles. The van der Waals surface area contributed by atoms with Gasteiger partial charge in [0, 0.05) is 19.8 Å². The lowest BCUT2D eigenvalue weighted by Gasteiger charge is -2.12. The Morgan fingerprint density at radius 2 is 1.86 bits per heavy atom. The number of hydrogen-bond acceptors (Lipinski definition) is 2. The lowest BCUT2D eigenvalue weighted by atomic mass is 10.2. The molecule has 0 aliphatic rings. The number of ether oxygens (including phenoxy) is 2. The molecule has 0 fully saturated rings. The van der Waals surface area contributed by atoms with Crippen LogP contribution in [-0.2, 0) is 9.47 Å². The number of rotatable bonds is 10. The third-order valence-electron chi connectivity index (χ3n) is 2.14. The summed E-state index contributed by atoms with van der Waals surface area (Å²) in [5.41, 5.74) is 0. The predicted molar refractivity (Wildman–Crippen MR) is 60.3 cm³/mol. The van der Waals surface area contributed by atoms with E-state index in [2.05, 4.69) is 13.8 Å². The van der Waals surface area contributed by atoms with Gasteiger partial charge in [-0.3, -0.25) is 0 Å². The second-order valence-corrected chi connectivity index (χ2v) is 3.54. The SMILES string of the molecule is [CH2]C(CCOCC)OCCCCCC. The molecule has 0 spiro atoms. The van der Waals surface area contributed by atoms with Gasteiger partial charge in [0.15, 0.2) is 0 Å². The molecule has 0 bridgehead atoms. The van der Waals surface area contributed by atoms with E-state index >= 15 is 0 Å². The molecule has 1 unspecified atom stereocenters. The van der Waals surface area contributed by atoms with Crippen LogP contribution < -0.4 is 0 Å². The third-order valence-corrected chi connectivity index (χ3v) is 2.14. The summed E-state index contributed by atoms with van der Waals surface area (Å²) in [5.74, 6) is 0. The molecule has 0 saturated carbocycles. The molecule has 0 saturated heterocycles. The molecule has 1 atom stereocenters. The highest BCUT2D eigenvalue weighted by Crippen LogP contribution is 2.02. The molecule has 0 aliphatic heterocycles. The molecule has 85 valence electrons. The lowest BCUT2D eigenvalue weighted by Crippen LogP contribution is -2.12. The molecule has 0 amide bonds. The normalized spacial score (nSPS) is 13.1. The second-order valence-electron chi connectivity index (χ2n) is 3.54. The van der Waals surface area contributed by atoms with Gasteiger partial charge in [0.2, 0.25) is 0 Å². The molecule has 0 aliphatic carbocycles. The summed E-state index contributed by atoms with van der Waals surface area (Å²) in [6, 6.07) is 0. The van der Waals surface area contributed by atoms with Crippen molar-refractivity contribution in [3.05, 3.63) is 6.92 Å². The summed E-state index contributed by atoms with van der Waals surface area (Å²) in [6.45, 7) is 10.5. The summed E-state index contributed by atoms with van der Waals surface area (Å²) in [5, 5.41) is 0. The van der Waals surface area contributed by atoms with Crippen LogP contribution in [0.15, 0.2) is 0 Å². The molecule has 14 heavy (non-hydrogen) atoms. The summed E-state index contributed by atoms with van der Waals surface area (Å²) in [6.07, 6.45) is 6.02. The Bertz CT molecular complexity index is 104. The maximum Gasteiger partial charge on any atom is 0.0598 e. The van der Waals surface area contributed by atoms with Gasteiger partial charge in [-0.15, -0.1) is 0 Å². The van der Waals surface area contributed by atoms with Crippen LogP contribution in [0, 0.1) is 6.92 Å². The van der Waals surface area contributed by atoms with Crippen LogP contribution in [0.3, 0.4) is 0 Å². The van der Waals surface area contributed by atoms with Gasteiger partial charge in [-0.25, -0.2) is 0 Å². The molecule has 0 aromatic rings. The highest BCUT2D eigenvalue weighted by molar-refractivity contribution is 4.59. The van der Waals surface area contributed by atoms with E-state index in [0.29, 0.717) is 0 Å². The summed E-state index contributed by atoms with van der Waals surface area (Å²) in [4.78, 5) is 0. The molecule has 0 N–H and O–H groups in total. The van der Waals surface area contributed by atoms with E-state index in [1.807, 2.05) is 6.92 Å². The van der Waals surface area contributed by atoms with E-state index in [1.165, 1.54) is 19.3 Å². The van der Waals surface area contributed by atoms with Crippen molar-refractivity contribution >= 4 is 0 Å². The van der Waals surface area contributed by atoms with E-state index in [0.717, 1.165) is 32.7 Å². The monoisotopic (exact) mass is 201 g/mol. The highest BCUT2D eigenvalue weighted by Gasteiger charge is 2.01. The van der Waals surface area contributed by atoms with Gasteiger partial charge >= 0.3 is 0 Å². The molecular weight excluding hydrogens is 176 g/mol. The van der Waals surface area contributed by atoms with Gasteiger partial charge in [-0.05, 0) is 26.7 Å². The van der Waals surface area contributed by atoms with Gasteiger partial charge in [0.05, 0.1) is 6.10 Å². The van der Waals surface area contributed by atoms with Crippen molar-refractivity contribution in [3.63, 3.8) is 0 Å². The molecule has 0 aromatic carbocycles. The maximum absolute atomic E-state index is 5.54. The van der Waals surface area contributed by atoms with Gasteiger partial charge in [0.1, 0.15) is 0 Å². The van der Waals surface area contributed by atoms with E-state index in [4.69, 9.17) is 9.47 Å². The first kappa shape index (κ1) is 13.9. The van der Waals surface area contributed by atoms with Crippen LogP contribution in [0.25, 0.3) is 0 Å². The smallest absolute Gasteiger partial charge is 0.0598 e. The van der Waals surface area contributed by atoms with Crippen LogP contribution in [0.5, 0.6) is 0 Å². The van der Waals surface area contributed by atoms with E-state index in [1.54, 1.807) is 0 Å². The summed E-state index contributed by atoms with van der Waals surface area (Å²) >= 11 is 0. The molecular formula is C12H25O2. The van der Waals surface area contributed by atoms with Gasteiger partial charge in [0.25, 0.3) is 0 Å². The Balaban J connectivity index is 3.06. The number of unbranched alkanes of at least 4 members (excludes halogenated alkanes) is 3. The highest BCUT2D eigenvalue weighted by atomic mass is 16.5. The average Bonchev–Trinajstić information content (AvgIpc) is 2.18. The van der Waals surface area contributed by atoms with Gasteiger partial charge in [-0.2, -0.15) is 0 Å². The molecule has 2 heteroatoms. The van der Waals surface area contributed by atoms with Crippen molar-refractivity contribution in [1.29, 1.82) is 0 Å². The quantitative estimate of drug-likeness (QED) is 0.505. The summed E-state index contributed by atoms with van der Waals surface area (Å²) < 4.78 is 10.8. The van der Waals surface area contributed by atoms with Crippen molar-refractivity contribution in [3.8, 4) is 0 Å². The minimum Gasteiger partial charge on any atom is -0.382 e.